The number of amides is 1. The van der Waals surface area contributed by atoms with Crippen LogP contribution in [0.3, 0.4) is 0 Å². The summed E-state index contributed by atoms with van der Waals surface area (Å²) in [6, 6.07) is 21.5. The van der Waals surface area contributed by atoms with Crippen LogP contribution in [0.4, 0.5) is 10.1 Å². The number of nitrogens with zero attached hydrogens (tertiary/aromatic N) is 2. The number of carbonyl (C=O) groups excluding carboxylic acids is 3. The van der Waals surface area contributed by atoms with Crippen LogP contribution >= 0.6 is 0 Å². The van der Waals surface area contributed by atoms with E-state index in [1.807, 2.05) is 47.4 Å². The first-order valence-corrected chi connectivity index (χ1v) is 11.5. The highest BCUT2D eigenvalue weighted by Gasteiger charge is 2.24. The summed E-state index contributed by atoms with van der Waals surface area (Å²) in [6.45, 7) is 2.70. The molecule has 6 nitrogen and oxygen atoms in total. The van der Waals surface area contributed by atoms with Crippen molar-refractivity contribution in [2.24, 2.45) is 0 Å². The number of ketones is 1. The van der Waals surface area contributed by atoms with Crippen LogP contribution in [0.5, 0.6) is 0 Å². The molecule has 0 saturated carbocycles. The lowest BCUT2D eigenvalue weighted by Crippen LogP contribution is -2.50. The number of halogens is 1. The maximum absolute atomic E-state index is 14.5. The summed E-state index contributed by atoms with van der Waals surface area (Å²) in [4.78, 5) is 40.3. The van der Waals surface area contributed by atoms with E-state index in [-0.39, 0.29) is 18.3 Å². The molecule has 0 atom stereocenters. The number of ether oxygens (including phenoxy) is 1. The molecule has 0 radical (unpaired) electrons. The molecule has 0 unspecified atom stereocenters. The molecule has 1 aliphatic rings. The maximum atomic E-state index is 14.5. The van der Waals surface area contributed by atoms with Crippen molar-refractivity contribution in [1.82, 2.24) is 4.90 Å². The minimum atomic E-state index is -0.531. The Balaban J connectivity index is 1.31. The topological polar surface area (TPSA) is 66.9 Å². The normalized spacial score (nSPS) is 13.4. The number of hydrogen-bond acceptors (Lipinski definition) is 5. The Hall–Kier alpha value is -4.00. The molecule has 4 rings (SSSR count). The zero-order valence-corrected chi connectivity index (χ0v) is 19.6. The molecule has 1 amide bonds. The Morgan fingerprint density at radius 2 is 1.57 bits per heavy atom. The number of benzene rings is 3. The highest BCUT2D eigenvalue weighted by atomic mass is 19.1. The summed E-state index contributed by atoms with van der Waals surface area (Å²) in [5.41, 5.74) is 3.09. The Morgan fingerprint density at radius 3 is 2.26 bits per heavy atom. The van der Waals surface area contributed by atoms with E-state index in [1.54, 1.807) is 29.2 Å². The van der Waals surface area contributed by atoms with Crippen LogP contribution in [-0.2, 0) is 16.0 Å². The molecular formula is C28H27FN2O4. The van der Waals surface area contributed by atoms with E-state index in [9.17, 15) is 18.8 Å². The minimum Gasteiger partial charge on any atom is -0.452 e. The van der Waals surface area contributed by atoms with Crippen LogP contribution in [0.25, 0.3) is 0 Å². The lowest BCUT2D eigenvalue weighted by Gasteiger charge is -2.36. The third kappa shape index (κ3) is 5.93. The van der Waals surface area contributed by atoms with Gasteiger partial charge in [0.2, 0.25) is 0 Å². The number of hydrogen-bond donors (Lipinski definition) is 0. The molecule has 35 heavy (non-hydrogen) atoms. The number of Topliss-reactive ketones (excluding diaryl/α,β-unsaturated/α-hetero) is 1. The monoisotopic (exact) mass is 474 g/mol. The fourth-order valence-corrected chi connectivity index (χ4v) is 4.16. The van der Waals surface area contributed by atoms with Gasteiger partial charge in [-0.3, -0.25) is 9.59 Å². The molecule has 1 aliphatic heterocycles. The third-order valence-corrected chi connectivity index (χ3v) is 6.13. The van der Waals surface area contributed by atoms with Gasteiger partial charge in [0.1, 0.15) is 5.82 Å². The van der Waals surface area contributed by atoms with Crippen LogP contribution < -0.4 is 4.90 Å². The van der Waals surface area contributed by atoms with Gasteiger partial charge in [-0.25, -0.2) is 9.18 Å². The van der Waals surface area contributed by atoms with Gasteiger partial charge >= 0.3 is 5.97 Å². The average Bonchev–Trinajstić information content (AvgIpc) is 2.88. The fourth-order valence-electron chi connectivity index (χ4n) is 4.16. The molecule has 0 bridgehead atoms. The van der Waals surface area contributed by atoms with Gasteiger partial charge in [0.25, 0.3) is 5.91 Å². The number of piperazine rings is 1. The van der Waals surface area contributed by atoms with Gasteiger partial charge in [-0.1, -0.05) is 48.5 Å². The second-order valence-electron chi connectivity index (χ2n) is 8.49. The molecule has 0 N–H and O–H groups in total. The molecule has 1 heterocycles. The Labute approximate surface area is 203 Å². The van der Waals surface area contributed by atoms with Crippen LogP contribution in [-0.4, -0.2) is 55.3 Å². The molecule has 7 heteroatoms. The van der Waals surface area contributed by atoms with Gasteiger partial charge in [-0.05, 0) is 48.7 Å². The van der Waals surface area contributed by atoms with Gasteiger partial charge < -0.3 is 14.5 Å². The van der Waals surface area contributed by atoms with Crippen LogP contribution in [0.2, 0.25) is 0 Å². The van der Waals surface area contributed by atoms with Crippen molar-refractivity contribution in [1.29, 1.82) is 0 Å². The van der Waals surface area contributed by atoms with Crippen molar-refractivity contribution in [3.05, 3.63) is 101 Å². The molecule has 180 valence electrons. The Bertz CT molecular complexity index is 1220. The zero-order chi connectivity index (χ0) is 24.8. The van der Waals surface area contributed by atoms with E-state index in [4.69, 9.17) is 4.74 Å². The molecule has 1 fully saturated rings. The molecule has 0 aliphatic carbocycles. The number of esters is 1. The van der Waals surface area contributed by atoms with E-state index in [1.165, 1.54) is 13.0 Å². The van der Waals surface area contributed by atoms with Gasteiger partial charge in [0.15, 0.2) is 12.4 Å². The standard InChI is InChI=1S/C28H27FN2O4/c1-20(32)22-11-12-26(25(29)18-22)30-13-15-31(16-14-30)27(33)19-35-28(34)24-10-6-5-9-23(24)17-21-7-3-2-4-8-21/h2-12,18H,13-17,19H2,1H3. The first kappa shape index (κ1) is 24.1. The second-order valence-corrected chi connectivity index (χ2v) is 8.49. The van der Waals surface area contributed by atoms with Gasteiger partial charge in [-0.15, -0.1) is 0 Å². The van der Waals surface area contributed by atoms with Crippen molar-refractivity contribution in [2.45, 2.75) is 13.3 Å². The summed E-state index contributed by atoms with van der Waals surface area (Å²) in [7, 11) is 0. The van der Waals surface area contributed by atoms with E-state index in [0.717, 1.165) is 11.1 Å². The van der Waals surface area contributed by atoms with Crippen LogP contribution in [0.1, 0.15) is 38.8 Å². The molecule has 3 aromatic carbocycles. The fraction of sp³-hybridized carbons (Fsp3) is 0.250. The predicted molar refractivity (Wildman–Crippen MR) is 131 cm³/mol. The third-order valence-electron chi connectivity index (χ3n) is 6.13. The number of anilines is 1. The SMILES string of the molecule is CC(=O)c1ccc(N2CCN(C(=O)COC(=O)c3ccccc3Cc3ccccc3)CC2)c(F)c1. The Morgan fingerprint density at radius 1 is 0.886 bits per heavy atom. The number of rotatable bonds is 7. The van der Waals surface area contributed by atoms with Crippen molar-refractivity contribution >= 4 is 23.3 Å². The van der Waals surface area contributed by atoms with Gasteiger partial charge in [-0.2, -0.15) is 0 Å². The lowest BCUT2D eigenvalue weighted by molar-refractivity contribution is -0.134. The smallest absolute Gasteiger partial charge is 0.338 e. The minimum absolute atomic E-state index is 0.192. The zero-order valence-electron chi connectivity index (χ0n) is 19.6. The molecule has 3 aromatic rings. The quantitative estimate of drug-likeness (QED) is 0.381. The van der Waals surface area contributed by atoms with Crippen molar-refractivity contribution < 1.29 is 23.5 Å². The van der Waals surface area contributed by atoms with Crippen molar-refractivity contribution in [3.63, 3.8) is 0 Å². The maximum Gasteiger partial charge on any atom is 0.338 e. The van der Waals surface area contributed by atoms with E-state index in [2.05, 4.69) is 0 Å². The summed E-state index contributed by atoms with van der Waals surface area (Å²) >= 11 is 0. The lowest BCUT2D eigenvalue weighted by atomic mass is 10.00. The highest BCUT2D eigenvalue weighted by molar-refractivity contribution is 5.94. The Kier molecular flexibility index (Phi) is 7.55. The first-order valence-electron chi connectivity index (χ1n) is 11.5. The summed E-state index contributed by atoms with van der Waals surface area (Å²) < 4.78 is 19.8. The summed E-state index contributed by atoms with van der Waals surface area (Å²) in [5.74, 6) is -1.47. The van der Waals surface area contributed by atoms with Gasteiger partial charge in [0.05, 0.1) is 11.3 Å². The van der Waals surface area contributed by atoms with Crippen LogP contribution in [0.15, 0.2) is 72.8 Å². The molecule has 0 spiro atoms. The summed E-state index contributed by atoms with van der Waals surface area (Å²) in [6.07, 6.45) is 0.589. The largest absolute Gasteiger partial charge is 0.452 e. The average molecular weight is 475 g/mol. The summed E-state index contributed by atoms with van der Waals surface area (Å²) in [5, 5.41) is 0. The molecule has 1 saturated heterocycles. The van der Waals surface area contributed by atoms with E-state index in [0.29, 0.717) is 49.4 Å². The van der Waals surface area contributed by atoms with Crippen molar-refractivity contribution in [3.8, 4) is 0 Å². The van der Waals surface area contributed by atoms with E-state index >= 15 is 0 Å². The van der Waals surface area contributed by atoms with E-state index < -0.39 is 11.8 Å². The van der Waals surface area contributed by atoms with Crippen molar-refractivity contribution in [2.75, 3.05) is 37.7 Å². The van der Waals surface area contributed by atoms with Gasteiger partial charge in [0, 0.05) is 31.7 Å². The predicted octanol–water partition coefficient (Wildman–Crippen LogP) is 4.12. The second kappa shape index (κ2) is 11.0. The highest BCUT2D eigenvalue weighted by Crippen LogP contribution is 2.22. The number of carbonyl (C=O) groups is 3. The molecular weight excluding hydrogens is 447 g/mol. The molecule has 0 aromatic heterocycles. The van der Waals surface area contributed by atoms with Crippen LogP contribution in [0, 0.1) is 5.82 Å². The first-order chi connectivity index (χ1) is 16.9.